The smallest absolute Gasteiger partial charge is 0.255 e. The molecule has 0 fully saturated rings. The Balaban J connectivity index is 2.81. The Kier molecular flexibility index (Phi) is 5.60. The lowest BCUT2D eigenvalue weighted by molar-refractivity contribution is 0.0739. The first-order valence-corrected chi connectivity index (χ1v) is 6.20. The average Bonchev–Trinajstić information content (AvgIpc) is 2.34. The van der Waals surface area contributed by atoms with Gasteiger partial charge in [0.2, 0.25) is 0 Å². The van der Waals surface area contributed by atoms with Crippen molar-refractivity contribution < 1.29 is 4.79 Å². The van der Waals surface area contributed by atoms with Gasteiger partial charge in [-0.3, -0.25) is 4.79 Å². The van der Waals surface area contributed by atoms with E-state index < -0.39 is 0 Å². The zero-order valence-corrected chi connectivity index (χ0v) is 11.3. The molecule has 0 saturated carbocycles. The molecule has 0 aliphatic heterocycles. The topological polar surface area (TPSA) is 57.0 Å². The number of pyridine rings is 1. The van der Waals surface area contributed by atoms with E-state index in [4.69, 9.17) is 16.9 Å². The number of aromatic nitrogens is 1. The van der Waals surface area contributed by atoms with Crippen LogP contribution in [0.15, 0.2) is 18.3 Å². The second-order valence-corrected chi connectivity index (χ2v) is 4.81. The Bertz CT molecular complexity index is 437. The molecule has 0 atom stereocenters. The summed E-state index contributed by atoms with van der Waals surface area (Å²) < 4.78 is 0. The number of carbonyl (C=O) groups excluding carboxylic acids is 1. The van der Waals surface area contributed by atoms with Crippen LogP contribution in [0.4, 0.5) is 0 Å². The zero-order valence-electron chi connectivity index (χ0n) is 10.6. The number of nitrogens with zero attached hydrogens (tertiary/aromatic N) is 3. The molecule has 4 nitrogen and oxygen atoms in total. The maximum Gasteiger partial charge on any atom is 0.255 e. The zero-order chi connectivity index (χ0) is 13.5. The van der Waals surface area contributed by atoms with Crippen LogP contribution in [-0.4, -0.2) is 28.9 Å². The van der Waals surface area contributed by atoms with Crippen molar-refractivity contribution in [3.05, 3.63) is 29.0 Å². The Labute approximate surface area is 112 Å². The van der Waals surface area contributed by atoms with Crippen molar-refractivity contribution in [2.24, 2.45) is 5.92 Å². The molecule has 18 heavy (non-hydrogen) atoms. The van der Waals surface area contributed by atoms with Crippen LogP contribution in [0.25, 0.3) is 0 Å². The van der Waals surface area contributed by atoms with Gasteiger partial charge in [0.1, 0.15) is 5.15 Å². The first-order valence-electron chi connectivity index (χ1n) is 5.82. The summed E-state index contributed by atoms with van der Waals surface area (Å²) >= 11 is 5.68. The normalized spacial score (nSPS) is 10.2. The molecular formula is C13H16ClN3O. The summed E-state index contributed by atoms with van der Waals surface area (Å²) in [5.41, 5.74) is 0.498. The summed E-state index contributed by atoms with van der Waals surface area (Å²) in [6, 6.07) is 5.30. The summed E-state index contributed by atoms with van der Waals surface area (Å²) in [6.45, 7) is 5.14. The molecule has 1 aromatic heterocycles. The first-order chi connectivity index (χ1) is 8.54. The van der Waals surface area contributed by atoms with Gasteiger partial charge < -0.3 is 4.90 Å². The van der Waals surface area contributed by atoms with Crippen LogP contribution < -0.4 is 0 Å². The van der Waals surface area contributed by atoms with E-state index in [1.807, 2.05) is 13.8 Å². The van der Waals surface area contributed by atoms with Crippen LogP contribution in [0, 0.1) is 17.2 Å². The van der Waals surface area contributed by atoms with E-state index in [1.165, 1.54) is 6.20 Å². The molecule has 0 aliphatic carbocycles. The van der Waals surface area contributed by atoms with Crippen LogP contribution in [0.2, 0.25) is 5.15 Å². The van der Waals surface area contributed by atoms with E-state index in [2.05, 4.69) is 11.1 Å². The van der Waals surface area contributed by atoms with Gasteiger partial charge in [-0.2, -0.15) is 5.26 Å². The minimum Gasteiger partial charge on any atom is -0.337 e. The average molecular weight is 266 g/mol. The van der Waals surface area contributed by atoms with Gasteiger partial charge >= 0.3 is 0 Å². The van der Waals surface area contributed by atoms with Crippen molar-refractivity contribution in [1.82, 2.24) is 9.88 Å². The van der Waals surface area contributed by atoms with Crippen LogP contribution in [-0.2, 0) is 0 Å². The van der Waals surface area contributed by atoms with E-state index >= 15 is 0 Å². The van der Waals surface area contributed by atoms with E-state index in [0.717, 1.165) is 0 Å². The summed E-state index contributed by atoms with van der Waals surface area (Å²) in [5.74, 6) is 0.246. The van der Waals surface area contributed by atoms with E-state index in [1.54, 1.807) is 17.0 Å². The van der Waals surface area contributed by atoms with E-state index in [-0.39, 0.29) is 5.91 Å². The van der Waals surface area contributed by atoms with Crippen molar-refractivity contribution in [3.63, 3.8) is 0 Å². The molecule has 0 radical (unpaired) electrons. The predicted molar refractivity (Wildman–Crippen MR) is 70.2 cm³/mol. The molecule has 96 valence electrons. The van der Waals surface area contributed by atoms with Gasteiger partial charge in [0.05, 0.1) is 18.1 Å². The number of amides is 1. The largest absolute Gasteiger partial charge is 0.337 e. The molecule has 1 amide bonds. The fourth-order valence-electron chi connectivity index (χ4n) is 1.59. The minimum atomic E-state index is -0.108. The van der Waals surface area contributed by atoms with Gasteiger partial charge in [0, 0.05) is 19.3 Å². The molecule has 1 aromatic rings. The van der Waals surface area contributed by atoms with Crippen molar-refractivity contribution in [2.75, 3.05) is 13.1 Å². The highest BCUT2D eigenvalue weighted by Crippen LogP contribution is 2.10. The van der Waals surface area contributed by atoms with E-state index in [9.17, 15) is 4.79 Å². The number of nitriles is 1. The van der Waals surface area contributed by atoms with Crippen LogP contribution in [0.1, 0.15) is 30.6 Å². The SMILES string of the molecule is CC(C)CN(CCC#N)C(=O)c1ccc(Cl)nc1. The quantitative estimate of drug-likeness (QED) is 0.769. The number of hydrogen-bond acceptors (Lipinski definition) is 3. The number of hydrogen-bond donors (Lipinski definition) is 0. The van der Waals surface area contributed by atoms with Crippen molar-refractivity contribution >= 4 is 17.5 Å². The predicted octanol–water partition coefficient (Wildman–Crippen LogP) is 2.75. The van der Waals surface area contributed by atoms with Gasteiger partial charge in [0.15, 0.2) is 0 Å². The molecular weight excluding hydrogens is 250 g/mol. The summed E-state index contributed by atoms with van der Waals surface area (Å²) in [5, 5.41) is 8.98. The fraction of sp³-hybridized carbons (Fsp3) is 0.462. The van der Waals surface area contributed by atoms with Crippen molar-refractivity contribution in [1.29, 1.82) is 5.26 Å². The van der Waals surface area contributed by atoms with Gasteiger partial charge in [-0.05, 0) is 18.1 Å². The van der Waals surface area contributed by atoms with Crippen molar-refractivity contribution in [3.8, 4) is 6.07 Å². The highest BCUT2D eigenvalue weighted by molar-refractivity contribution is 6.29. The second kappa shape index (κ2) is 6.97. The number of rotatable bonds is 5. The third-order valence-corrected chi connectivity index (χ3v) is 2.56. The molecule has 5 heteroatoms. The summed E-state index contributed by atoms with van der Waals surface area (Å²) in [6.07, 6.45) is 1.80. The molecule has 0 saturated heterocycles. The summed E-state index contributed by atoms with van der Waals surface area (Å²) in [4.78, 5) is 17.8. The maximum absolute atomic E-state index is 12.2. The lowest BCUT2D eigenvalue weighted by Crippen LogP contribution is -2.35. The number of carbonyl (C=O) groups is 1. The summed E-state index contributed by atoms with van der Waals surface area (Å²) in [7, 11) is 0. The van der Waals surface area contributed by atoms with Gasteiger partial charge in [-0.1, -0.05) is 25.4 Å². The Hall–Kier alpha value is -1.60. The Morgan fingerprint density at radius 1 is 1.56 bits per heavy atom. The number of halogens is 1. The second-order valence-electron chi connectivity index (χ2n) is 4.42. The maximum atomic E-state index is 12.2. The Morgan fingerprint density at radius 2 is 2.28 bits per heavy atom. The fourth-order valence-corrected chi connectivity index (χ4v) is 1.70. The molecule has 0 aliphatic rings. The van der Waals surface area contributed by atoms with Gasteiger partial charge in [-0.15, -0.1) is 0 Å². The third-order valence-electron chi connectivity index (χ3n) is 2.34. The highest BCUT2D eigenvalue weighted by Gasteiger charge is 2.16. The Morgan fingerprint density at radius 3 is 2.78 bits per heavy atom. The third kappa shape index (κ3) is 4.34. The molecule has 0 aromatic carbocycles. The standard InChI is InChI=1S/C13H16ClN3O/c1-10(2)9-17(7-3-6-15)13(18)11-4-5-12(14)16-8-11/h4-5,8,10H,3,7,9H2,1-2H3. The monoisotopic (exact) mass is 265 g/mol. The lowest BCUT2D eigenvalue weighted by Gasteiger charge is -2.23. The highest BCUT2D eigenvalue weighted by atomic mass is 35.5. The van der Waals surface area contributed by atoms with Gasteiger partial charge in [-0.25, -0.2) is 4.98 Å². The molecule has 0 bridgehead atoms. The van der Waals surface area contributed by atoms with Crippen LogP contribution in [0.3, 0.4) is 0 Å². The van der Waals surface area contributed by atoms with Gasteiger partial charge in [0.25, 0.3) is 5.91 Å². The van der Waals surface area contributed by atoms with Crippen LogP contribution >= 0.6 is 11.6 Å². The lowest BCUT2D eigenvalue weighted by atomic mass is 10.1. The van der Waals surface area contributed by atoms with Crippen molar-refractivity contribution in [2.45, 2.75) is 20.3 Å². The van der Waals surface area contributed by atoms with Crippen LogP contribution in [0.5, 0.6) is 0 Å². The first kappa shape index (κ1) is 14.5. The van der Waals surface area contributed by atoms with E-state index in [0.29, 0.717) is 36.1 Å². The molecule has 0 spiro atoms. The molecule has 1 heterocycles. The minimum absolute atomic E-state index is 0.108. The molecule has 1 rings (SSSR count). The molecule has 0 unspecified atom stereocenters. The molecule has 0 N–H and O–H groups in total.